The molecule has 14 unspecified atom stereocenters. The second kappa shape index (κ2) is 19.0. The number of hydrogen-bond donors (Lipinski definition) is 9. The molecule has 0 aliphatic carbocycles. The standard InChI is InChI=1S/C36H48O19/c1-16-26(41)28(43)30(45)36(52-16)55-33-31(46)35(49-11-10-18-5-8-22(47-2)20(38)12-18)53-24(15-51-34-29(44)27(42)21(39)14-50-34)32(33)54-25(40)9-6-17-4-7-19(37)23(13-17)48-3/h4-9,12-13,16,21,24,26-39,41-46H,10-11,14-15H2,1-3H3/b9-6+. The summed E-state index contributed by atoms with van der Waals surface area (Å²) in [6.45, 7) is 0.361. The molecule has 3 aliphatic heterocycles. The van der Waals surface area contributed by atoms with Crippen LogP contribution >= 0.6 is 0 Å². The summed E-state index contributed by atoms with van der Waals surface area (Å²) in [6, 6.07) is 9.00. The summed E-state index contributed by atoms with van der Waals surface area (Å²) in [5.41, 5.74) is 1.06. The number of phenolic OH excluding ortho intramolecular Hbond substituents is 2. The second-order valence-corrected chi connectivity index (χ2v) is 13.2. The average molecular weight is 785 g/mol. The molecule has 3 saturated heterocycles. The lowest BCUT2D eigenvalue weighted by Crippen LogP contribution is -2.65. The Hall–Kier alpha value is -3.67. The van der Waals surface area contributed by atoms with E-state index in [1.807, 2.05) is 0 Å². The number of carbonyl (C=O) groups is 1. The summed E-state index contributed by atoms with van der Waals surface area (Å²) in [5.74, 6) is -0.848. The molecule has 5 rings (SSSR count). The van der Waals surface area contributed by atoms with Gasteiger partial charge in [-0.15, -0.1) is 0 Å². The van der Waals surface area contributed by atoms with Gasteiger partial charge in [-0.25, -0.2) is 4.79 Å². The third kappa shape index (κ3) is 10.2. The quantitative estimate of drug-likeness (QED) is 0.0744. The molecule has 0 aromatic heterocycles. The summed E-state index contributed by atoms with van der Waals surface area (Å²) >= 11 is 0. The van der Waals surface area contributed by atoms with Gasteiger partial charge in [-0.1, -0.05) is 12.1 Å². The summed E-state index contributed by atoms with van der Waals surface area (Å²) in [5, 5.41) is 93.9. The predicted molar refractivity (Wildman–Crippen MR) is 183 cm³/mol. The number of benzene rings is 2. The Labute approximate surface area is 315 Å². The van der Waals surface area contributed by atoms with Crippen LogP contribution in [0.3, 0.4) is 0 Å². The lowest BCUT2D eigenvalue weighted by Gasteiger charge is -2.47. The summed E-state index contributed by atoms with van der Waals surface area (Å²) in [6.07, 6.45) is -19.4. The maximum atomic E-state index is 13.4. The van der Waals surface area contributed by atoms with Gasteiger partial charge in [0.05, 0.1) is 40.1 Å². The van der Waals surface area contributed by atoms with Gasteiger partial charge in [-0.3, -0.25) is 0 Å². The summed E-state index contributed by atoms with van der Waals surface area (Å²) in [4.78, 5) is 13.4. The number of aromatic hydroxyl groups is 2. The number of phenols is 2. The minimum absolute atomic E-state index is 0.101. The van der Waals surface area contributed by atoms with Crippen LogP contribution in [0.4, 0.5) is 0 Å². The molecular weight excluding hydrogens is 736 g/mol. The highest BCUT2D eigenvalue weighted by molar-refractivity contribution is 5.87. The van der Waals surface area contributed by atoms with Crippen molar-refractivity contribution in [3.8, 4) is 23.0 Å². The Morgan fingerprint density at radius 2 is 1.49 bits per heavy atom. The van der Waals surface area contributed by atoms with E-state index in [4.69, 9.17) is 42.6 Å². The van der Waals surface area contributed by atoms with Gasteiger partial charge in [0, 0.05) is 6.08 Å². The largest absolute Gasteiger partial charge is 0.504 e. The first kappa shape index (κ1) is 42.5. The molecule has 0 radical (unpaired) electrons. The molecule has 0 amide bonds. The van der Waals surface area contributed by atoms with Crippen molar-refractivity contribution in [3.05, 3.63) is 53.6 Å². The third-order valence-corrected chi connectivity index (χ3v) is 9.38. The van der Waals surface area contributed by atoms with Crippen molar-refractivity contribution in [1.82, 2.24) is 0 Å². The second-order valence-electron chi connectivity index (χ2n) is 13.2. The van der Waals surface area contributed by atoms with Gasteiger partial charge in [0.1, 0.15) is 54.9 Å². The van der Waals surface area contributed by atoms with Crippen molar-refractivity contribution >= 4 is 12.0 Å². The fraction of sp³-hybridized carbons (Fsp3) is 0.583. The maximum absolute atomic E-state index is 13.4. The van der Waals surface area contributed by atoms with E-state index in [1.165, 1.54) is 51.5 Å². The number of carbonyl (C=O) groups excluding carboxylic acids is 1. The van der Waals surface area contributed by atoms with Gasteiger partial charge in [-0.05, 0) is 54.8 Å². The van der Waals surface area contributed by atoms with Gasteiger partial charge in [0.2, 0.25) is 0 Å². The SMILES string of the molecule is COc1ccc(CCOC2OC(COC3OCC(O)C(O)C3O)C(OC(=O)/C=C/c3ccc(O)c(OC)c3)C(OC3OC(C)C(O)C(O)C3O)C2O)cc1O. The van der Waals surface area contributed by atoms with Crippen molar-refractivity contribution < 1.29 is 93.4 Å². The zero-order valence-corrected chi connectivity index (χ0v) is 30.1. The van der Waals surface area contributed by atoms with Gasteiger partial charge in [0.15, 0.2) is 48.0 Å². The highest BCUT2D eigenvalue weighted by Gasteiger charge is 2.53. The zero-order chi connectivity index (χ0) is 40.0. The van der Waals surface area contributed by atoms with Crippen molar-refractivity contribution in [2.75, 3.05) is 34.0 Å². The Balaban J connectivity index is 1.42. The molecule has 3 heterocycles. The number of aliphatic hydroxyl groups is 7. The summed E-state index contributed by atoms with van der Waals surface area (Å²) in [7, 11) is 2.75. The van der Waals surface area contributed by atoms with Crippen molar-refractivity contribution in [3.63, 3.8) is 0 Å². The summed E-state index contributed by atoms with van der Waals surface area (Å²) < 4.78 is 50.6. The fourth-order valence-electron chi connectivity index (χ4n) is 6.18. The van der Waals surface area contributed by atoms with E-state index in [-0.39, 0.29) is 42.6 Å². The van der Waals surface area contributed by atoms with Crippen molar-refractivity contribution in [2.24, 2.45) is 0 Å². The molecule has 0 saturated carbocycles. The van der Waals surface area contributed by atoms with E-state index in [2.05, 4.69) is 0 Å². The van der Waals surface area contributed by atoms with Gasteiger partial charge in [-0.2, -0.15) is 0 Å². The van der Waals surface area contributed by atoms with Crippen LogP contribution in [-0.2, 0) is 44.4 Å². The Morgan fingerprint density at radius 1 is 0.764 bits per heavy atom. The number of methoxy groups -OCH3 is 2. The topological polar surface area (TPSA) is 282 Å². The molecule has 2 aromatic rings. The first-order chi connectivity index (χ1) is 26.2. The van der Waals surface area contributed by atoms with Crippen LogP contribution < -0.4 is 9.47 Å². The lowest BCUT2D eigenvalue weighted by atomic mass is 9.96. The van der Waals surface area contributed by atoms with E-state index < -0.39 is 98.6 Å². The highest BCUT2D eigenvalue weighted by Crippen LogP contribution is 2.33. The van der Waals surface area contributed by atoms with Crippen LogP contribution in [0.15, 0.2) is 42.5 Å². The Morgan fingerprint density at radius 3 is 2.20 bits per heavy atom. The van der Waals surface area contributed by atoms with Crippen molar-refractivity contribution in [2.45, 2.75) is 99.4 Å². The van der Waals surface area contributed by atoms with Gasteiger partial charge in [0.25, 0.3) is 0 Å². The maximum Gasteiger partial charge on any atom is 0.331 e. The molecule has 14 atom stereocenters. The third-order valence-electron chi connectivity index (χ3n) is 9.38. The molecule has 3 fully saturated rings. The normalized spacial score (nSPS) is 35.4. The number of ether oxygens (including phenoxy) is 9. The minimum atomic E-state index is -1.84. The molecule has 55 heavy (non-hydrogen) atoms. The molecule has 0 bridgehead atoms. The number of rotatable bonds is 14. The molecule has 306 valence electrons. The molecule has 19 heteroatoms. The van der Waals surface area contributed by atoms with Crippen LogP contribution in [0.25, 0.3) is 6.08 Å². The monoisotopic (exact) mass is 784 g/mol. The number of aliphatic hydroxyl groups excluding tert-OH is 7. The predicted octanol–water partition coefficient (Wildman–Crippen LogP) is -1.95. The average Bonchev–Trinajstić information content (AvgIpc) is 3.17. The van der Waals surface area contributed by atoms with E-state index in [1.54, 1.807) is 12.1 Å². The van der Waals surface area contributed by atoms with E-state index in [0.717, 1.165) is 6.08 Å². The van der Waals surface area contributed by atoms with E-state index in [0.29, 0.717) is 11.1 Å². The molecule has 2 aromatic carbocycles. The molecule has 19 nitrogen and oxygen atoms in total. The fourth-order valence-corrected chi connectivity index (χ4v) is 6.18. The van der Waals surface area contributed by atoms with Crippen molar-refractivity contribution in [1.29, 1.82) is 0 Å². The van der Waals surface area contributed by atoms with Crippen LogP contribution in [0.1, 0.15) is 18.1 Å². The Bertz CT molecular complexity index is 1590. The Kier molecular flexibility index (Phi) is 14.7. The lowest BCUT2D eigenvalue weighted by molar-refractivity contribution is -0.362. The highest BCUT2D eigenvalue weighted by atomic mass is 16.8. The number of esters is 1. The van der Waals surface area contributed by atoms with E-state index in [9.17, 15) is 50.8 Å². The first-order valence-electron chi connectivity index (χ1n) is 17.4. The minimum Gasteiger partial charge on any atom is -0.504 e. The first-order valence-corrected chi connectivity index (χ1v) is 17.4. The van der Waals surface area contributed by atoms with Gasteiger partial charge >= 0.3 is 5.97 Å². The molecule has 0 spiro atoms. The molecule has 9 N–H and O–H groups in total. The molecule has 3 aliphatic rings. The van der Waals surface area contributed by atoms with Crippen LogP contribution in [0, 0.1) is 0 Å². The van der Waals surface area contributed by atoms with Gasteiger partial charge < -0.3 is 88.6 Å². The van der Waals surface area contributed by atoms with Crippen LogP contribution in [-0.4, -0.2) is 172 Å². The molecular formula is C36H48O19. The van der Waals surface area contributed by atoms with Crippen LogP contribution in [0.2, 0.25) is 0 Å². The number of hydrogen-bond acceptors (Lipinski definition) is 19. The van der Waals surface area contributed by atoms with Crippen LogP contribution in [0.5, 0.6) is 23.0 Å². The van der Waals surface area contributed by atoms with E-state index >= 15 is 0 Å². The smallest absolute Gasteiger partial charge is 0.331 e. The zero-order valence-electron chi connectivity index (χ0n) is 30.1.